The van der Waals surface area contributed by atoms with Crippen LogP contribution in [0.4, 0.5) is 33.3 Å². The lowest BCUT2D eigenvalue weighted by molar-refractivity contribution is -0.137. The van der Waals surface area contributed by atoms with Crippen molar-refractivity contribution in [2.24, 2.45) is 11.7 Å². The second kappa shape index (κ2) is 11.0. The van der Waals surface area contributed by atoms with E-state index in [2.05, 4.69) is 5.32 Å². The van der Waals surface area contributed by atoms with Crippen molar-refractivity contribution in [2.45, 2.75) is 32.5 Å². The monoisotopic (exact) mass is 466 g/mol. The Morgan fingerprint density at radius 2 is 1.97 bits per heavy atom. The van der Waals surface area contributed by atoms with Crippen molar-refractivity contribution in [2.75, 3.05) is 49.6 Å². The summed E-state index contributed by atoms with van der Waals surface area (Å²) in [5.41, 5.74) is 3.91. The van der Waals surface area contributed by atoms with Gasteiger partial charge in [0.1, 0.15) is 12.6 Å². The molecule has 1 aromatic carbocycles. The highest BCUT2D eigenvalue weighted by atomic mass is 19.4. The minimum Gasteiger partial charge on any atom is -0.370 e. The van der Waals surface area contributed by atoms with Crippen molar-refractivity contribution < 1.29 is 36.3 Å². The van der Waals surface area contributed by atoms with E-state index < -0.39 is 48.3 Å². The molecular formula is C20H27F5N4O3. The number of ether oxygens (including phenoxy) is 1. The SMILES string of the molecule is CC(C)CN(CC(F)F)[C@@H](CN)C(=O)Nc1ccc(N2CCOCC2=O)cc1C(F)(F)F. The van der Waals surface area contributed by atoms with Crippen LogP contribution < -0.4 is 16.0 Å². The Morgan fingerprint density at radius 3 is 2.50 bits per heavy atom. The number of rotatable bonds is 9. The van der Waals surface area contributed by atoms with E-state index in [0.29, 0.717) is 0 Å². The van der Waals surface area contributed by atoms with E-state index in [1.54, 1.807) is 13.8 Å². The molecule has 0 aliphatic carbocycles. The van der Waals surface area contributed by atoms with E-state index >= 15 is 0 Å². The van der Waals surface area contributed by atoms with Crippen LogP contribution in [0.3, 0.4) is 0 Å². The van der Waals surface area contributed by atoms with Crippen molar-refractivity contribution in [1.82, 2.24) is 4.90 Å². The number of amides is 2. The van der Waals surface area contributed by atoms with Gasteiger partial charge >= 0.3 is 6.18 Å². The number of nitrogens with one attached hydrogen (secondary N) is 1. The molecule has 0 radical (unpaired) electrons. The second-order valence-electron chi connectivity index (χ2n) is 7.81. The first-order valence-electron chi connectivity index (χ1n) is 10.1. The number of nitrogens with two attached hydrogens (primary N) is 1. The summed E-state index contributed by atoms with van der Waals surface area (Å²) in [4.78, 5) is 27.0. The maximum absolute atomic E-state index is 13.7. The summed E-state index contributed by atoms with van der Waals surface area (Å²) in [5.74, 6) is -1.48. The first-order chi connectivity index (χ1) is 14.9. The highest BCUT2D eigenvalue weighted by Gasteiger charge is 2.36. The Balaban J connectivity index is 2.32. The van der Waals surface area contributed by atoms with Crippen molar-refractivity contribution >= 4 is 23.2 Å². The van der Waals surface area contributed by atoms with E-state index in [4.69, 9.17) is 10.5 Å². The molecule has 2 amide bonds. The number of carbonyl (C=O) groups excluding carboxylic acids is 2. The summed E-state index contributed by atoms with van der Waals surface area (Å²) in [5, 5.41) is 2.18. The molecule has 1 saturated heterocycles. The molecule has 0 saturated carbocycles. The predicted molar refractivity (Wildman–Crippen MR) is 109 cm³/mol. The number of alkyl halides is 5. The topological polar surface area (TPSA) is 87.9 Å². The number of nitrogens with zero attached hydrogens (tertiary/aromatic N) is 2. The van der Waals surface area contributed by atoms with Crippen LogP contribution in [-0.2, 0) is 20.5 Å². The fourth-order valence-corrected chi connectivity index (χ4v) is 3.45. The summed E-state index contributed by atoms with van der Waals surface area (Å²) in [6.45, 7) is 2.57. The molecule has 1 aromatic rings. The predicted octanol–water partition coefficient (Wildman–Crippen LogP) is 2.56. The van der Waals surface area contributed by atoms with Crippen molar-refractivity contribution in [3.8, 4) is 0 Å². The Hall–Kier alpha value is -2.31. The lowest BCUT2D eigenvalue weighted by atomic mass is 10.1. The van der Waals surface area contributed by atoms with Crippen LogP contribution in [0.1, 0.15) is 19.4 Å². The van der Waals surface area contributed by atoms with Crippen molar-refractivity contribution in [3.05, 3.63) is 23.8 Å². The van der Waals surface area contributed by atoms with Gasteiger partial charge in [0.15, 0.2) is 0 Å². The molecule has 0 bridgehead atoms. The molecule has 32 heavy (non-hydrogen) atoms. The van der Waals surface area contributed by atoms with Gasteiger partial charge in [-0.1, -0.05) is 13.8 Å². The van der Waals surface area contributed by atoms with Crippen LogP contribution in [-0.4, -0.2) is 68.6 Å². The van der Waals surface area contributed by atoms with Gasteiger partial charge in [0.2, 0.25) is 5.91 Å². The molecule has 1 aliphatic heterocycles. The largest absolute Gasteiger partial charge is 0.418 e. The number of carbonyl (C=O) groups is 2. The zero-order valence-electron chi connectivity index (χ0n) is 17.8. The Morgan fingerprint density at radius 1 is 1.28 bits per heavy atom. The molecule has 2 rings (SSSR count). The summed E-state index contributed by atoms with van der Waals surface area (Å²) in [7, 11) is 0. The normalized spacial score (nSPS) is 16.2. The summed E-state index contributed by atoms with van der Waals surface area (Å²) < 4.78 is 72.1. The molecule has 1 heterocycles. The maximum atomic E-state index is 13.7. The molecule has 1 atom stereocenters. The molecule has 7 nitrogen and oxygen atoms in total. The Bertz CT molecular complexity index is 794. The van der Waals surface area contributed by atoms with E-state index in [-0.39, 0.29) is 44.5 Å². The molecule has 1 fully saturated rings. The fraction of sp³-hybridized carbons (Fsp3) is 0.600. The van der Waals surface area contributed by atoms with Crippen LogP contribution in [0.25, 0.3) is 0 Å². The second-order valence-corrected chi connectivity index (χ2v) is 7.81. The summed E-state index contributed by atoms with van der Waals surface area (Å²) in [6, 6.07) is 1.83. The van der Waals surface area contributed by atoms with Gasteiger partial charge in [-0.2, -0.15) is 13.2 Å². The molecule has 1 aliphatic rings. The molecule has 12 heteroatoms. The molecule has 0 aromatic heterocycles. The molecular weight excluding hydrogens is 439 g/mol. The van der Waals surface area contributed by atoms with Crippen LogP contribution in [0.2, 0.25) is 0 Å². The minimum atomic E-state index is -4.84. The van der Waals surface area contributed by atoms with Crippen LogP contribution in [0.5, 0.6) is 0 Å². The summed E-state index contributed by atoms with van der Waals surface area (Å²) >= 11 is 0. The molecule has 0 unspecified atom stereocenters. The van der Waals surface area contributed by atoms with Crippen LogP contribution in [0, 0.1) is 5.92 Å². The number of anilines is 2. The van der Waals surface area contributed by atoms with Crippen LogP contribution >= 0.6 is 0 Å². The zero-order valence-corrected chi connectivity index (χ0v) is 17.8. The lowest BCUT2D eigenvalue weighted by Crippen LogP contribution is -2.51. The lowest BCUT2D eigenvalue weighted by Gasteiger charge is -2.31. The third-order valence-electron chi connectivity index (χ3n) is 4.80. The first kappa shape index (κ1) is 25.9. The quantitative estimate of drug-likeness (QED) is 0.547. The number of morpholine rings is 1. The Labute approximate surface area is 182 Å². The number of benzene rings is 1. The average molecular weight is 466 g/mol. The highest BCUT2D eigenvalue weighted by Crippen LogP contribution is 2.37. The van der Waals surface area contributed by atoms with Gasteiger partial charge in [0.25, 0.3) is 12.3 Å². The molecule has 3 N–H and O–H groups in total. The molecule has 0 spiro atoms. The fourth-order valence-electron chi connectivity index (χ4n) is 3.45. The number of hydrogen-bond acceptors (Lipinski definition) is 5. The van der Waals surface area contributed by atoms with Crippen LogP contribution in [0.15, 0.2) is 18.2 Å². The number of halogens is 5. The third kappa shape index (κ3) is 6.84. The van der Waals surface area contributed by atoms with Gasteiger partial charge in [-0.25, -0.2) is 8.78 Å². The van der Waals surface area contributed by atoms with Crippen molar-refractivity contribution in [3.63, 3.8) is 0 Å². The Kier molecular flexibility index (Phi) is 8.93. The van der Waals surface area contributed by atoms with E-state index in [1.165, 1.54) is 15.9 Å². The van der Waals surface area contributed by atoms with Gasteiger partial charge < -0.3 is 20.7 Å². The van der Waals surface area contributed by atoms with Crippen molar-refractivity contribution in [1.29, 1.82) is 0 Å². The molecule has 180 valence electrons. The smallest absolute Gasteiger partial charge is 0.370 e. The highest BCUT2D eigenvalue weighted by molar-refractivity contribution is 5.98. The van der Waals surface area contributed by atoms with E-state index in [9.17, 15) is 31.5 Å². The average Bonchev–Trinajstić information content (AvgIpc) is 2.67. The first-order valence-corrected chi connectivity index (χ1v) is 10.1. The van der Waals surface area contributed by atoms with E-state index in [1.807, 2.05) is 0 Å². The maximum Gasteiger partial charge on any atom is 0.418 e. The van der Waals surface area contributed by atoms with Gasteiger partial charge in [-0.3, -0.25) is 14.5 Å². The summed E-state index contributed by atoms with van der Waals surface area (Å²) in [6.07, 6.45) is -7.58. The standard InChI is InChI=1S/C20H27F5N4O3/c1-12(2)9-28(10-17(21)22)16(8-26)19(31)27-15-4-3-13(7-14(15)20(23,24)25)29-5-6-32-11-18(29)30/h3-4,7,12,16-17H,5-6,8-11,26H2,1-2H3,(H,27,31)/t16-/m0/s1. The number of hydrogen-bond donors (Lipinski definition) is 2. The minimum absolute atomic E-state index is 0.0122. The van der Waals surface area contributed by atoms with Gasteiger partial charge in [0, 0.05) is 25.3 Å². The van der Waals surface area contributed by atoms with Gasteiger partial charge in [0.05, 0.1) is 24.4 Å². The van der Waals surface area contributed by atoms with Gasteiger partial charge in [-0.15, -0.1) is 0 Å². The van der Waals surface area contributed by atoms with Gasteiger partial charge in [-0.05, 0) is 24.1 Å². The van der Waals surface area contributed by atoms with E-state index in [0.717, 1.165) is 12.1 Å². The zero-order chi connectivity index (χ0) is 24.1. The third-order valence-corrected chi connectivity index (χ3v) is 4.80.